The molecule has 4 rings (SSSR count). The van der Waals surface area contributed by atoms with Crippen LogP contribution in [0.1, 0.15) is 91.4 Å². The van der Waals surface area contributed by atoms with Crippen molar-refractivity contribution in [3.63, 3.8) is 0 Å². The van der Waals surface area contributed by atoms with E-state index < -0.39 is 36.0 Å². The zero-order chi connectivity index (χ0) is 29.1. The van der Waals surface area contributed by atoms with Gasteiger partial charge in [0.1, 0.15) is 18.5 Å². The van der Waals surface area contributed by atoms with Crippen LogP contribution in [0, 0.1) is 0 Å². The fraction of sp³-hybridized carbons (Fsp3) is 0.781. The summed E-state index contributed by atoms with van der Waals surface area (Å²) in [4.78, 5) is 15.5. The Morgan fingerprint density at radius 1 is 0.976 bits per heavy atom. The van der Waals surface area contributed by atoms with Gasteiger partial charge in [-0.3, -0.25) is 5.32 Å². The highest BCUT2D eigenvalue weighted by Gasteiger charge is 2.66. The van der Waals surface area contributed by atoms with Crippen molar-refractivity contribution < 1.29 is 33.2 Å². The number of piperidine rings is 1. The third-order valence-electron chi connectivity index (χ3n) is 8.19. The number of ether oxygens (including phenoxy) is 6. The van der Waals surface area contributed by atoms with Crippen LogP contribution in [0.3, 0.4) is 0 Å². The van der Waals surface area contributed by atoms with Gasteiger partial charge in [0.25, 0.3) is 0 Å². The standard InChI is InChI=1S/C32H52N2O7/c1-5-6-7-8-9-10-11-15-22-37-24-32-29(40-31(2,3)41-32)28(27(39-32)23-34-20-13-12-14-21-34)38-30(35)33-25-16-18-26(36-4)19-17-25/h16-19,27-29H,5-15,20-24H2,1-4H3,(H,33,35)/t27-,28+,29-,32-/m0/s1. The molecular formula is C32H52N2O7. The van der Waals surface area contributed by atoms with Gasteiger partial charge in [-0.25, -0.2) is 4.79 Å². The van der Waals surface area contributed by atoms with Gasteiger partial charge in [-0.05, 0) is 70.5 Å². The van der Waals surface area contributed by atoms with Crippen LogP contribution in [0.25, 0.3) is 0 Å². The number of hydrogen-bond acceptors (Lipinski definition) is 8. The van der Waals surface area contributed by atoms with Crippen LogP contribution >= 0.6 is 0 Å². The van der Waals surface area contributed by atoms with Crippen molar-refractivity contribution in [2.24, 2.45) is 0 Å². The Hall–Kier alpha value is -1.91. The molecule has 41 heavy (non-hydrogen) atoms. The molecule has 0 bridgehead atoms. The zero-order valence-electron chi connectivity index (χ0n) is 25.7. The number of methoxy groups -OCH3 is 1. The Bertz CT molecular complexity index is 921. The Kier molecular flexibility index (Phi) is 12.1. The summed E-state index contributed by atoms with van der Waals surface area (Å²) in [5.41, 5.74) is 0.617. The lowest BCUT2D eigenvalue weighted by Gasteiger charge is -2.33. The summed E-state index contributed by atoms with van der Waals surface area (Å²) in [7, 11) is 1.61. The fourth-order valence-electron chi connectivity index (χ4n) is 6.14. The molecule has 1 aromatic rings. The highest BCUT2D eigenvalue weighted by Crippen LogP contribution is 2.47. The lowest BCUT2D eigenvalue weighted by atomic mass is 10.0. The summed E-state index contributed by atoms with van der Waals surface area (Å²) in [5.74, 6) is -1.31. The van der Waals surface area contributed by atoms with E-state index in [2.05, 4.69) is 17.1 Å². The summed E-state index contributed by atoms with van der Waals surface area (Å²) in [5, 5.41) is 2.83. The van der Waals surface area contributed by atoms with Crippen LogP contribution in [-0.2, 0) is 23.7 Å². The SMILES string of the molecule is CCCCCCCCCCOC[C@@]12O[C@@H](CN3CCCCC3)[C@@H](OC(=O)Nc3ccc(OC)cc3)[C@@H]1OC(C)(C)O2. The first-order valence-electron chi connectivity index (χ1n) is 15.8. The fourth-order valence-corrected chi connectivity index (χ4v) is 6.14. The van der Waals surface area contributed by atoms with E-state index in [-0.39, 0.29) is 6.61 Å². The Morgan fingerprint density at radius 3 is 2.34 bits per heavy atom. The number of carbonyl (C=O) groups is 1. The second-order valence-corrected chi connectivity index (χ2v) is 12.1. The lowest BCUT2D eigenvalue weighted by molar-refractivity contribution is -0.279. The van der Waals surface area contributed by atoms with Gasteiger partial charge in [-0.15, -0.1) is 0 Å². The average molecular weight is 577 g/mol. The average Bonchev–Trinajstić information content (AvgIpc) is 3.36. The molecule has 9 heteroatoms. The molecule has 9 nitrogen and oxygen atoms in total. The molecule has 0 aliphatic carbocycles. The molecule has 3 aliphatic heterocycles. The summed E-state index contributed by atoms with van der Waals surface area (Å²) < 4.78 is 36.9. The molecule has 1 amide bonds. The van der Waals surface area contributed by atoms with Crippen molar-refractivity contribution in [1.29, 1.82) is 0 Å². The molecule has 0 saturated carbocycles. The molecule has 1 aromatic carbocycles. The first kappa shape index (κ1) is 32.0. The van der Waals surface area contributed by atoms with Gasteiger partial charge in [-0.1, -0.05) is 58.3 Å². The minimum absolute atomic E-state index is 0.230. The predicted molar refractivity (Wildman–Crippen MR) is 158 cm³/mol. The maximum atomic E-state index is 13.1. The number of fused-ring (bicyclic) bond motifs is 1. The van der Waals surface area contributed by atoms with Gasteiger partial charge in [0.05, 0.1) is 7.11 Å². The van der Waals surface area contributed by atoms with Crippen molar-refractivity contribution in [3.8, 4) is 5.75 Å². The number of nitrogens with one attached hydrogen (secondary N) is 1. The number of amides is 1. The number of unbranched alkanes of at least 4 members (excludes halogenated alkanes) is 7. The van der Waals surface area contributed by atoms with E-state index in [1.54, 1.807) is 31.4 Å². The van der Waals surface area contributed by atoms with Crippen molar-refractivity contribution in [1.82, 2.24) is 4.90 Å². The van der Waals surface area contributed by atoms with E-state index >= 15 is 0 Å². The third kappa shape index (κ3) is 9.29. The van der Waals surface area contributed by atoms with Crippen LogP contribution in [-0.4, -0.2) is 80.8 Å². The number of hydrogen-bond donors (Lipinski definition) is 1. The number of rotatable bonds is 16. The maximum absolute atomic E-state index is 13.1. The number of carbonyl (C=O) groups excluding carboxylic acids is 1. The monoisotopic (exact) mass is 576 g/mol. The van der Waals surface area contributed by atoms with E-state index in [4.69, 9.17) is 28.4 Å². The van der Waals surface area contributed by atoms with Crippen LogP contribution in [0.2, 0.25) is 0 Å². The molecule has 4 atom stereocenters. The molecule has 0 radical (unpaired) electrons. The normalized spacial score (nSPS) is 27.5. The molecule has 1 N–H and O–H groups in total. The first-order valence-corrected chi connectivity index (χ1v) is 15.8. The van der Waals surface area contributed by atoms with E-state index in [0.717, 1.165) is 38.8 Å². The number of benzene rings is 1. The van der Waals surface area contributed by atoms with Gasteiger partial charge in [-0.2, -0.15) is 0 Å². The van der Waals surface area contributed by atoms with Crippen LogP contribution in [0.15, 0.2) is 24.3 Å². The Balaban J connectivity index is 1.37. The maximum Gasteiger partial charge on any atom is 0.412 e. The number of likely N-dealkylation sites (tertiary alicyclic amines) is 1. The number of anilines is 1. The van der Waals surface area contributed by atoms with Crippen molar-refractivity contribution in [2.75, 3.05) is 45.3 Å². The van der Waals surface area contributed by atoms with Gasteiger partial charge in [0.15, 0.2) is 18.0 Å². The second-order valence-electron chi connectivity index (χ2n) is 12.1. The van der Waals surface area contributed by atoms with Crippen molar-refractivity contribution in [2.45, 2.75) is 121 Å². The molecule has 3 heterocycles. The van der Waals surface area contributed by atoms with Crippen molar-refractivity contribution >= 4 is 11.8 Å². The van der Waals surface area contributed by atoms with E-state index in [1.165, 1.54) is 44.9 Å². The molecule has 232 valence electrons. The molecule has 0 spiro atoms. The molecule has 3 fully saturated rings. The summed E-state index contributed by atoms with van der Waals surface area (Å²) >= 11 is 0. The summed E-state index contributed by atoms with van der Waals surface area (Å²) in [6.07, 6.45) is 11.3. The van der Waals surface area contributed by atoms with Gasteiger partial charge in [0.2, 0.25) is 5.79 Å². The van der Waals surface area contributed by atoms with Crippen LogP contribution < -0.4 is 10.1 Å². The summed E-state index contributed by atoms with van der Waals surface area (Å²) in [6, 6.07) is 7.13. The van der Waals surface area contributed by atoms with Gasteiger partial charge < -0.3 is 33.3 Å². The minimum atomic E-state index is -1.13. The predicted octanol–water partition coefficient (Wildman–Crippen LogP) is 6.50. The summed E-state index contributed by atoms with van der Waals surface area (Å²) in [6.45, 7) is 9.49. The van der Waals surface area contributed by atoms with Gasteiger partial charge >= 0.3 is 6.09 Å². The zero-order valence-corrected chi connectivity index (χ0v) is 25.7. The van der Waals surface area contributed by atoms with Crippen LogP contribution in [0.5, 0.6) is 5.75 Å². The Morgan fingerprint density at radius 2 is 1.66 bits per heavy atom. The number of nitrogens with zero attached hydrogens (tertiary/aromatic N) is 1. The highest BCUT2D eigenvalue weighted by atomic mass is 16.9. The van der Waals surface area contributed by atoms with Crippen LogP contribution in [0.4, 0.5) is 10.5 Å². The third-order valence-corrected chi connectivity index (χ3v) is 8.19. The van der Waals surface area contributed by atoms with E-state index in [0.29, 0.717) is 24.6 Å². The quantitative estimate of drug-likeness (QED) is 0.223. The van der Waals surface area contributed by atoms with Gasteiger partial charge in [0, 0.05) is 18.8 Å². The second kappa shape index (κ2) is 15.5. The van der Waals surface area contributed by atoms with Crippen molar-refractivity contribution in [3.05, 3.63) is 24.3 Å². The molecular weight excluding hydrogens is 524 g/mol. The molecule has 3 saturated heterocycles. The Labute approximate surface area is 246 Å². The van der Waals surface area contributed by atoms with E-state index in [9.17, 15) is 4.79 Å². The molecule has 0 aromatic heterocycles. The smallest absolute Gasteiger partial charge is 0.412 e. The first-order chi connectivity index (χ1) is 19.8. The highest BCUT2D eigenvalue weighted by molar-refractivity contribution is 5.84. The minimum Gasteiger partial charge on any atom is -0.497 e. The molecule has 0 unspecified atom stereocenters. The van der Waals surface area contributed by atoms with E-state index in [1.807, 2.05) is 13.8 Å². The molecule has 3 aliphatic rings. The topological polar surface area (TPSA) is 87.7 Å². The lowest BCUT2D eigenvalue weighted by Crippen LogP contribution is -2.46. The largest absolute Gasteiger partial charge is 0.497 e.